The van der Waals surface area contributed by atoms with Crippen LogP contribution >= 0.6 is 39.7 Å². The Kier molecular flexibility index (Phi) is 6.36. The van der Waals surface area contributed by atoms with E-state index in [1.807, 2.05) is 6.92 Å². The van der Waals surface area contributed by atoms with E-state index < -0.39 is 10.0 Å². The van der Waals surface area contributed by atoms with Crippen molar-refractivity contribution >= 4 is 49.7 Å². The molecular formula is C14H22BrClN2O2S2. The summed E-state index contributed by atoms with van der Waals surface area (Å²) in [6.45, 7) is 4.29. The zero-order chi connectivity index (χ0) is 15.0. The van der Waals surface area contributed by atoms with Crippen molar-refractivity contribution in [2.45, 2.75) is 43.5 Å². The number of hydrogen-bond acceptors (Lipinski definition) is 4. The van der Waals surface area contributed by atoms with Crippen LogP contribution in [0.5, 0.6) is 0 Å². The first-order valence-electron chi connectivity index (χ1n) is 7.48. The minimum Gasteiger partial charge on any atom is -0.314 e. The van der Waals surface area contributed by atoms with Crippen LogP contribution in [0.25, 0.3) is 0 Å². The number of piperidine rings is 1. The Labute approximate surface area is 151 Å². The highest BCUT2D eigenvalue weighted by Crippen LogP contribution is 2.34. The van der Waals surface area contributed by atoms with Gasteiger partial charge in [-0.1, -0.05) is 0 Å². The number of rotatable bonds is 3. The van der Waals surface area contributed by atoms with E-state index in [4.69, 9.17) is 0 Å². The third-order valence-electron chi connectivity index (χ3n) is 4.63. The van der Waals surface area contributed by atoms with Gasteiger partial charge in [-0.15, -0.1) is 23.7 Å². The topological polar surface area (TPSA) is 49.4 Å². The summed E-state index contributed by atoms with van der Waals surface area (Å²) in [5.41, 5.74) is 0. The molecule has 1 unspecified atom stereocenters. The third kappa shape index (κ3) is 3.70. The molecule has 0 spiro atoms. The number of hydrogen-bond donors (Lipinski definition) is 1. The molecule has 3 heterocycles. The van der Waals surface area contributed by atoms with Gasteiger partial charge in [0.25, 0.3) is 0 Å². The Bertz CT molecular complexity index is 606. The number of sulfonamides is 1. The van der Waals surface area contributed by atoms with Crippen LogP contribution in [-0.4, -0.2) is 38.4 Å². The molecule has 126 valence electrons. The predicted molar refractivity (Wildman–Crippen MR) is 96.5 cm³/mol. The lowest BCUT2D eigenvalue weighted by atomic mass is 9.89. The van der Waals surface area contributed by atoms with Crippen molar-refractivity contribution in [3.8, 4) is 0 Å². The van der Waals surface area contributed by atoms with E-state index in [1.54, 1.807) is 10.4 Å². The molecule has 2 saturated heterocycles. The molecule has 1 aromatic rings. The molecule has 22 heavy (non-hydrogen) atoms. The van der Waals surface area contributed by atoms with Gasteiger partial charge in [0.15, 0.2) is 0 Å². The van der Waals surface area contributed by atoms with Crippen LogP contribution in [0, 0.1) is 12.8 Å². The largest absolute Gasteiger partial charge is 0.314 e. The summed E-state index contributed by atoms with van der Waals surface area (Å²) < 4.78 is 28.0. The SMILES string of the molecule is Cc1sc(Br)cc1S(=O)(=O)N1CCC(C2CCCN2)CC1.Cl. The first-order chi connectivity index (χ1) is 9.98. The normalized spacial score (nSPS) is 24.4. The lowest BCUT2D eigenvalue weighted by Crippen LogP contribution is -2.43. The van der Waals surface area contributed by atoms with Crippen LogP contribution in [0.2, 0.25) is 0 Å². The molecule has 1 aromatic heterocycles. The maximum Gasteiger partial charge on any atom is 0.244 e. The van der Waals surface area contributed by atoms with Crippen LogP contribution in [0.4, 0.5) is 0 Å². The van der Waals surface area contributed by atoms with Gasteiger partial charge in [-0.25, -0.2) is 8.42 Å². The lowest BCUT2D eigenvalue weighted by molar-refractivity contribution is 0.234. The van der Waals surface area contributed by atoms with Gasteiger partial charge in [-0.05, 0) is 67.1 Å². The van der Waals surface area contributed by atoms with Crippen molar-refractivity contribution in [2.75, 3.05) is 19.6 Å². The molecule has 2 aliphatic rings. The van der Waals surface area contributed by atoms with E-state index >= 15 is 0 Å². The van der Waals surface area contributed by atoms with Crippen LogP contribution in [0.1, 0.15) is 30.6 Å². The van der Waals surface area contributed by atoms with Gasteiger partial charge >= 0.3 is 0 Å². The van der Waals surface area contributed by atoms with Crippen LogP contribution in [0.3, 0.4) is 0 Å². The zero-order valence-corrected chi connectivity index (χ0v) is 16.6. The van der Waals surface area contributed by atoms with Gasteiger partial charge in [0.05, 0.1) is 8.68 Å². The van der Waals surface area contributed by atoms with E-state index in [2.05, 4.69) is 21.2 Å². The molecule has 2 fully saturated rings. The highest BCUT2D eigenvalue weighted by Gasteiger charge is 2.34. The van der Waals surface area contributed by atoms with Crippen LogP contribution in [-0.2, 0) is 10.0 Å². The van der Waals surface area contributed by atoms with Crippen molar-refractivity contribution in [3.05, 3.63) is 14.7 Å². The monoisotopic (exact) mass is 428 g/mol. The molecule has 8 heteroatoms. The molecule has 0 saturated carbocycles. The molecule has 0 aromatic carbocycles. The van der Waals surface area contributed by atoms with E-state index in [9.17, 15) is 8.42 Å². The number of thiophene rings is 1. The second kappa shape index (κ2) is 7.49. The maximum atomic E-state index is 12.7. The van der Waals surface area contributed by atoms with Crippen molar-refractivity contribution in [3.63, 3.8) is 0 Å². The zero-order valence-electron chi connectivity index (χ0n) is 12.5. The summed E-state index contributed by atoms with van der Waals surface area (Å²) in [7, 11) is -3.33. The summed E-state index contributed by atoms with van der Waals surface area (Å²) >= 11 is 4.86. The van der Waals surface area contributed by atoms with Gasteiger partial charge in [0.2, 0.25) is 10.0 Å². The average Bonchev–Trinajstić information content (AvgIpc) is 3.09. The van der Waals surface area contributed by atoms with Crippen LogP contribution < -0.4 is 5.32 Å². The summed E-state index contributed by atoms with van der Waals surface area (Å²) in [5.74, 6) is 0.634. The molecule has 0 radical (unpaired) electrons. The fraction of sp³-hybridized carbons (Fsp3) is 0.714. The quantitative estimate of drug-likeness (QED) is 0.801. The van der Waals surface area contributed by atoms with E-state index in [-0.39, 0.29) is 12.4 Å². The van der Waals surface area contributed by atoms with Crippen molar-refractivity contribution < 1.29 is 8.42 Å². The van der Waals surface area contributed by atoms with E-state index in [0.29, 0.717) is 29.9 Å². The lowest BCUT2D eigenvalue weighted by Gasteiger charge is -2.34. The maximum absolute atomic E-state index is 12.7. The molecule has 0 bridgehead atoms. The molecule has 1 N–H and O–H groups in total. The summed E-state index contributed by atoms with van der Waals surface area (Å²) in [5, 5.41) is 3.55. The Morgan fingerprint density at radius 2 is 2.00 bits per heavy atom. The van der Waals surface area contributed by atoms with Gasteiger partial charge in [-0.2, -0.15) is 4.31 Å². The van der Waals surface area contributed by atoms with Crippen molar-refractivity contribution in [1.82, 2.24) is 9.62 Å². The number of nitrogens with zero attached hydrogens (tertiary/aromatic N) is 1. The fourth-order valence-electron chi connectivity index (χ4n) is 3.46. The van der Waals surface area contributed by atoms with Crippen LogP contribution in [0.15, 0.2) is 14.7 Å². The third-order valence-corrected chi connectivity index (χ3v) is 8.33. The minimum atomic E-state index is -3.33. The minimum absolute atomic E-state index is 0. The number of nitrogens with one attached hydrogen (secondary N) is 1. The standard InChI is InChI=1S/C14H21BrN2O2S2.ClH/c1-10-13(9-14(15)20-10)21(18,19)17-7-4-11(5-8-17)12-3-2-6-16-12;/h9,11-12,16H,2-8H2,1H3;1H. The number of aryl methyl sites for hydroxylation is 1. The van der Waals surface area contributed by atoms with Crippen molar-refractivity contribution in [2.24, 2.45) is 5.92 Å². The highest BCUT2D eigenvalue weighted by molar-refractivity contribution is 9.11. The van der Waals surface area contributed by atoms with Crippen molar-refractivity contribution in [1.29, 1.82) is 0 Å². The Morgan fingerprint density at radius 1 is 1.32 bits per heavy atom. The molecule has 0 aliphatic carbocycles. The van der Waals surface area contributed by atoms with Gasteiger partial charge in [0, 0.05) is 24.0 Å². The average molecular weight is 430 g/mol. The predicted octanol–water partition coefficient (Wildman–Crippen LogP) is 3.39. The smallest absolute Gasteiger partial charge is 0.244 e. The molecule has 1 atom stereocenters. The van der Waals surface area contributed by atoms with E-state index in [0.717, 1.165) is 28.0 Å². The summed E-state index contributed by atoms with van der Waals surface area (Å²) in [4.78, 5) is 1.33. The molecular weight excluding hydrogens is 408 g/mol. The van der Waals surface area contributed by atoms with E-state index in [1.165, 1.54) is 24.2 Å². The van der Waals surface area contributed by atoms with Gasteiger partial charge in [0.1, 0.15) is 0 Å². The number of halogens is 2. The molecule has 3 rings (SSSR count). The van der Waals surface area contributed by atoms with Gasteiger partial charge < -0.3 is 5.32 Å². The second-order valence-electron chi connectivity index (χ2n) is 5.92. The summed E-state index contributed by atoms with van der Waals surface area (Å²) in [6, 6.07) is 2.34. The molecule has 0 amide bonds. The Morgan fingerprint density at radius 3 is 2.50 bits per heavy atom. The summed E-state index contributed by atoms with van der Waals surface area (Å²) in [6.07, 6.45) is 4.45. The molecule has 4 nitrogen and oxygen atoms in total. The second-order valence-corrected chi connectivity index (χ2v) is 10.5. The highest BCUT2D eigenvalue weighted by atomic mass is 79.9. The fourth-order valence-corrected chi connectivity index (χ4v) is 7.31. The van der Waals surface area contributed by atoms with Gasteiger partial charge in [-0.3, -0.25) is 0 Å². The Hall–Kier alpha value is 0.340. The Balaban J connectivity index is 0.00000176. The first kappa shape index (κ1) is 18.7. The first-order valence-corrected chi connectivity index (χ1v) is 10.5. The molecule has 2 aliphatic heterocycles.